The SMILES string of the molecule is C[C@H](c1cccs1)N(C)C(=O)c1ccc(=O)n(Cc2ccccc2)n1. The van der Waals surface area contributed by atoms with Gasteiger partial charge in [-0.3, -0.25) is 9.59 Å². The van der Waals surface area contributed by atoms with E-state index in [-0.39, 0.29) is 23.2 Å². The largest absolute Gasteiger partial charge is 0.333 e. The summed E-state index contributed by atoms with van der Waals surface area (Å²) in [6.07, 6.45) is 0. The molecule has 1 atom stereocenters. The standard InChI is InChI=1S/C19H19N3O2S/c1-14(17-9-6-12-25-17)21(2)19(24)16-10-11-18(23)22(20-16)13-15-7-4-3-5-8-15/h3-12,14H,13H2,1-2H3/t14-/m1/s1. The summed E-state index contributed by atoms with van der Waals surface area (Å²) in [5.74, 6) is -0.206. The van der Waals surface area contributed by atoms with Crippen LogP contribution in [0.25, 0.3) is 0 Å². The molecule has 0 saturated heterocycles. The lowest BCUT2D eigenvalue weighted by Gasteiger charge is -2.23. The van der Waals surface area contributed by atoms with Crippen LogP contribution in [0, 0.1) is 0 Å². The van der Waals surface area contributed by atoms with E-state index in [9.17, 15) is 9.59 Å². The van der Waals surface area contributed by atoms with Crippen molar-refractivity contribution in [3.05, 3.63) is 86.5 Å². The second-order valence-electron chi connectivity index (χ2n) is 5.81. The van der Waals surface area contributed by atoms with Crippen LogP contribution in [0.5, 0.6) is 0 Å². The molecule has 128 valence electrons. The minimum absolute atomic E-state index is 0.0520. The molecular weight excluding hydrogens is 334 g/mol. The van der Waals surface area contributed by atoms with Crippen molar-refractivity contribution >= 4 is 17.2 Å². The third-order valence-corrected chi connectivity index (χ3v) is 5.16. The molecule has 0 aliphatic carbocycles. The molecule has 0 saturated carbocycles. The lowest BCUT2D eigenvalue weighted by molar-refractivity contribution is 0.0736. The topological polar surface area (TPSA) is 55.2 Å². The Kier molecular flexibility index (Phi) is 5.09. The van der Waals surface area contributed by atoms with Crippen LogP contribution in [-0.4, -0.2) is 27.6 Å². The zero-order valence-electron chi connectivity index (χ0n) is 14.1. The molecule has 0 unspecified atom stereocenters. The average Bonchev–Trinajstić information content (AvgIpc) is 3.17. The molecule has 0 fully saturated rings. The Morgan fingerprint density at radius 1 is 1.16 bits per heavy atom. The highest BCUT2D eigenvalue weighted by Gasteiger charge is 2.21. The van der Waals surface area contributed by atoms with Crippen LogP contribution in [0.4, 0.5) is 0 Å². The number of hydrogen-bond acceptors (Lipinski definition) is 4. The van der Waals surface area contributed by atoms with Gasteiger partial charge in [-0.15, -0.1) is 11.3 Å². The molecule has 0 radical (unpaired) electrons. The molecule has 0 N–H and O–H groups in total. The van der Waals surface area contributed by atoms with E-state index in [0.717, 1.165) is 10.4 Å². The number of thiophene rings is 1. The van der Waals surface area contributed by atoms with Crippen molar-refractivity contribution in [3.63, 3.8) is 0 Å². The summed E-state index contributed by atoms with van der Waals surface area (Å²) >= 11 is 1.61. The number of amides is 1. The van der Waals surface area contributed by atoms with Crippen molar-refractivity contribution < 1.29 is 4.79 Å². The minimum Gasteiger partial charge on any atom is -0.333 e. The molecular formula is C19H19N3O2S. The number of carbonyl (C=O) groups excluding carboxylic acids is 1. The van der Waals surface area contributed by atoms with E-state index in [1.165, 1.54) is 16.8 Å². The molecule has 2 heterocycles. The Hall–Kier alpha value is -2.73. The van der Waals surface area contributed by atoms with E-state index in [1.807, 2.05) is 54.8 Å². The van der Waals surface area contributed by atoms with Crippen molar-refractivity contribution in [3.8, 4) is 0 Å². The van der Waals surface area contributed by atoms with E-state index >= 15 is 0 Å². The molecule has 3 rings (SSSR count). The van der Waals surface area contributed by atoms with Gasteiger partial charge in [0.25, 0.3) is 11.5 Å². The fraction of sp³-hybridized carbons (Fsp3) is 0.211. The van der Waals surface area contributed by atoms with Gasteiger partial charge in [-0.25, -0.2) is 4.68 Å². The first kappa shape index (κ1) is 17.1. The van der Waals surface area contributed by atoms with Gasteiger partial charge in [0, 0.05) is 18.0 Å². The predicted octanol–water partition coefficient (Wildman–Crippen LogP) is 3.19. The molecule has 0 aliphatic rings. The van der Waals surface area contributed by atoms with Crippen molar-refractivity contribution in [2.24, 2.45) is 0 Å². The van der Waals surface area contributed by atoms with E-state index < -0.39 is 0 Å². The maximum absolute atomic E-state index is 12.7. The van der Waals surface area contributed by atoms with Crippen LogP contribution in [0.2, 0.25) is 0 Å². The third kappa shape index (κ3) is 3.85. The highest BCUT2D eigenvalue weighted by Crippen LogP contribution is 2.24. The van der Waals surface area contributed by atoms with Gasteiger partial charge in [0.1, 0.15) is 5.69 Å². The van der Waals surface area contributed by atoms with Crippen LogP contribution in [0.15, 0.2) is 64.8 Å². The van der Waals surface area contributed by atoms with E-state index in [1.54, 1.807) is 23.3 Å². The van der Waals surface area contributed by atoms with Crippen molar-refractivity contribution in [2.45, 2.75) is 19.5 Å². The van der Waals surface area contributed by atoms with Crippen molar-refractivity contribution in [1.29, 1.82) is 0 Å². The molecule has 3 aromatic rings. The normalized spacial score (nSPS) is 11.9. The fourth-order valence-electron chi connectivity index (χ4n) is 2.51. The van der Waals surface area contributed by atoms with Crippen LogP contribution in [0.1, 0.15) is 33.9 Å². The summed E-state index contributed by atoms with van der Waals surface area (Å²) in [6, 6.07) is 16.4. The van der Waals surface area contributed by atoms with Crippen LogP contribution >= 0.6 is 11.3 Å². The summed E-state index contributed by atoms with van der Waals surface area (Å²) in [6.45, 7) is 2.31. The number of benzene rings is 1. The van der Waals surface area contributed by atoms with Gasteiger partial charge >= 0.3 is 0 Å². The second-order valence-corrected chi connectivity index (χ2v) is 6.79. The van der Waals surface area contributed by atoms with Crippen LogP contribution < -0.4 is 5.56 Å². The first-order valence-electron chi connectivity index (χ1n) is 7.99. The molecule has 1 aromatic carbocycles. The number of nitrogens with zero attached hydrogens (tertiary/aromatic N) is 3. The lowest BCUT2D eigenvalue weighted by Crippen LogP contribution is -2.32. The first-order valence-corrected chi connectivity index (χ1v) is 8.87. The number of carbonyl (C=O) groups is 1. The number of rotatable bonds is 5. The quantitative estimate of drug-likeness (QED) is 0.708. The first-order chi connectivity index (χ1) is 12.1. The van der Waals surface area contributed by atoms with E-state index in [4.69, 9.17) is 0 Å². The lowest BCUT2D eigenvalue weighted by atomic mass is 10.2. The Morgan fingerprint density at radius 2 is 1.92 bits per heavy atom. The van der Waals surface area contributed by atoms with Gasteiger partial charge in [-0.05, 0) is 30.0 Å². The average molecular weight is 353 g/mol. The third-order valence-electron chi connectivity index (χ3n) is 4.12. The highest BCUT2D eigenvalue weighted by molar-refractivity contribution is 7.10. The molecule has 6 heteroatoms. The predicted molar refractivity (Wildman–Crippen MR) is 98.9 cm³/mol. The van der Waals surface area contributed by atoms with E-state index in [2.05, 4.69) is 5.10 Å². The summed E-state index contributed by atoms with van der Waals surface area (Å²) < 4.78 is 1.33. The smallest absolute Gasteiger partial charge is 0.274 e. The molecule has 25 heavy (non-hydrogen) atoms. The number of aromatic nitrogens is 2. The van der Waals surface area contributed by atoms with Crippen LogP contribution in [-0.2, 0) is 6.54 Å². The zero-order valence-corrected chi connectivity index (χ0v) is 14.9. The second kappa shape index (κ2) is 7.44. The monoisotopic (exact) mass is 353 g/mol. The molecule has 1 amide bonds. The molecule has 0 spiro atoms. The summed E-state index contributed by atoms with van der Waals surface area (Å²) in [5, 5.41) is 6.26. The van der Waals surface area contributed by atoms with Gasteiger partial charge in [-0.1, -0.05) is 36.4 Å². The van der Waals surface area contributed by atoms with Gasteiger partial charge in [-0.2, -0.15) is 5.10 Å². The highest BCUT2D eigenvalue weighted by atomic mass is 32.1. The van der Waals surface area contributed by atoms with Crippen LogP contribution in [0.3, 0.4) is 0 Å². The molecule has 0 bridgehead atoms. The Balaban J connectivity index is 1.83. The summed E-state index contributed by atoms with van der Waals surface area (Å²) in [5.41, 5.74) is 0.998. The van der Waals surface area contributed by atoms with E-state index in [0.29, 0.717) is 6.54 Å². The van der Waals surface area contributed by atoms with Gasteiger partial charge in [0.05, 0.1) is 12.6 Å². The minimum atomic E-state index is -0.227. The Morgan fingerprint density at radius 3 is 2.60 bits per heavy atom. The van der Waals surface area contributed by atoms with Crippen molar-refractivity contribution in [1.82, 2.24) is 14.7 Å². The molecule has 5 nitrogen and oxygen atoms in total. The van der Waals surface area contributed by atoms with Gasteiger partial charge < -0.3 is 4.90 Å². The maximum atomic E-state index is 12.7. The summed E-state index contributed by atoms with van der Waals surface area (Å²) in [4.78, 5) is 27.6. The van der Waals surface area contributed by atoms with Gasteiger partial charge in [0.2, 0.25) is 0 Å². The maximum Gasteiger partial charge on any atom is 0.274 e. The summed E-state index contributed by atoms with van der Waals surface area (Å²) in [7, 11) is 1.75. The Labute approximate surface area is 150 Å². The Bertz CT molecular complexity index is 904. The molecule has 0 aliphatic heterocycles. The zero-order chi connectivity index (χ0) is 17.8. The number of hydrogen-bond donors (Lipinski definition) is 0. The fourth-order valence-corrected chi connectivity index (χ4v) is 3.34. The molecule has 2 aromatic heterocycles. The van der Waals surface area contributed by atoms with Gasteiger partial charge in [0.15, 0.2) is 0 Å². The van der Waals surface area contributed by atoms with Crippen molar-refractivity contribution in [2.75, 3.05) is 7.05 Å².